The number of nitrogens with zero attached hydrogens (tertiary/aromatic N) is 2. The Morgan fingerprint density at radius 1 is 1.27 bits per heavy atom. The summed E-state index contributed by atoms with van der Waals surface area (Å²) in [6.45, 7) is 2.98. The third-order valence-electron chi connectivity index (χ3n) is 6.16. The average Bonchev–Trinajstić information content (AvgIpc) is 3.34. The molecule has 0 N–H and O–H groups in total. The van der Waals surface area contributed by atoms with E-state index >= 15 is 0 Å². The topological polar surface area (TPSA) is 78.0 Å². The van der Waals surface area contributed by atoms with Gasteiger partial charge in [0.15, 0.2) is 0 Å². The fourth-order valence-electron chi connectivity index (χ4n) is 4.41. The molecule has 0 radical (unpaired) electrons. The van der Waals surface area contributed by atoms with Crippen LogP contribution in [0.25, 0.3) is 0 Å². The first-order valence-electron chi connectivity index (χ1n) is 11.0. The second-order valence-corrected chi connectivity index (χ2v) is 8.58. The maximum atomic E-state index is 13.4. The van der Waals surface area contributed by atoms with Crippen LogP contribution in [0, 0.1) is 0 Å². The molecule has 1 aromatic carbocycles. The smallest absolute Gasteiger partial charge is 0.336 e. The summed E-state index contributed by atoms with van der Waals surface area (Å²) in [7, 11) is 1.58. The molecule has 8 heteroatoms. The highest BCUT2D eigenvalue weighted by Gasteiger charge is 2.38. The highest BCUT2D eigenvalue weighted by Crippen LogP contribution is 2.38. The Morgan fingerprint density at radius 2 is 2.09 bits per heavy atom. The van der Waals surface area contributed by atoms with Crippen molar-refractivity contribution in [1.82, 2.24) is 9.88 Å². The summed E-state index contributed by atoms with van der Waals surface area (Å²) in [5, 5.41) is 0.349. The number of carbonyl (C=O) groups is 2. The van der Waals surface area contributed by atoms with Gasteiger partial charge in [0, 0.05) is 36.4 Å². The molecule has 2 atom stereocenters. The van der Waals surface area contributed by atoms with Crippen LogP contribution in [0.2, 0.25) is 5.15 Å². The van der Waals surface area contributed by atoms with Crippen LogP contribution >= 0.6 is 11.6 Å². The number of allylic oxidation sites excluding steroid dienone is 1. The van der Waals surface area contributed by atoms with E-state index in [1.165, 1.54) is 0 Å². The Kier molecular flexibility index (Phi) is 7.30. The van der Waals surface area contributed by atoms with E-state index in [0.717, 1.165) is 24.0 Å². The number of rotatable bonds is 7. The van der Waals surface area contributed by atoms with Crippen molar-refractivity contribution in [2.75, 3.05) is 20.3 Å². The Labute approximate surface area is 198 Å². The standard InChI is InChI=1S/C25H27ClN2O5/c1-16-24(25(30)33-15-18-6-3-4-8-21(18)31-2)20(17-9-10-22(26)27-13-17)12-23(29)28(16)14-19-7-5-11-32-19/h3-4,6,8-10,13,19-20H,5,7,11-12,14-15H2,1-2H3. The zero-order valence-electron chi connectivity index (χ0n) is 18.8. The van der Waals surface area contributed by atoms with Gasteiger partial charge in [-0.25, -0.2) is 9.78 Å². The van der Waals surface area contributed by atoms with Gasteiger partial charge in [-0.3, -0.25) is 4.79 Å². The van der Waals surface area contributed by atoms with E-state index < -0.39 is 11.9 Å². The lowest BCUT2D eigenvalue weighted by molar-refractivity contribution is -0.141. The van der Waals surface area contributed by atoms with Gasteiger partial charge >= 0.3 is 5.97 Å². The van der Waals surface area contributed by atoms with Crippen LogP contribution in [0.1, 0.15) is 43.2 Å². The van der Waals surface area contributed by atoms with Crippen LogP contribution in [0.15, 0.2) is 53.9 Å². The van der Waals surface area contributed by atoms with Gasteiger partial charge in [0.2, 0.25) is 5.91 Å². The van der Waals surface area contributed by atoms with Crippen LogP contribution in [-0.2, 0) is 25.7 Å². The lowest BCUT2D eigenvalue weighted by Crippen LogP contribution is -2.42. The second-order valence-electron chi connectivity index (χ2n) is 8.20. The van der Waals surface area contributed by atoms with Crippen LogP contribution in [0.3, 0.4) is 0 Å². The van der Waals surface area contributed by atoms with Gasteiger partial charge < -0.3 is 19.1 Å². The molecule has 7 nitrogen and oxygen atoms in total. The van der Waals surface area contributed by atoms with Gasteiger partial charge in [-0.2, -0.15) is 0 Å². The first-order chi connectivity index (χ1) is 16.0. The molecule has 0 saturated carbocycles. The zero-order valence-corrected chi connectivity index (χ0v) is 19.5. The van der Waals surface area contributed by atoms with Gasteiger partial charge in [-0.1, -0.05) is 35.9 Å². The number of methoxy groups -OCH3 is 1. The Morgan fingerprint density at radius 3 is 2.79 bits per heavy atom. The van der Waals surface area contributed by atoms with Crippen molar-refractivity contribution < 1.29 is 23.8 Å². The number of benzene rings is 1. The number of carbonyl (C=O) groups excluding carboxylic acids is 2. The van der Waals surface area contributed by atoms with Crippen LogP contribution < -0.4 is 4.74 Å². The molecule has 3 heterocycles. The first-order valence-corrected chi connectivity index (χ1v) is 11.4. The minimum Gasteiger partial charge on any atom is -0.496 e. The molecule has 0 aliphatic carbocycles. The van der Waals surface area contributed by atoms with Crippen molar-refractivity contribution in [2.24, 2.45) is 0 Å². The summed E-state index contributed by atoms with van der Waals surface area (Å²) in [6, 6.07) is 10.8. The second kappa shape index (κ2) is 10.4. The van der Waals surface area contributed by atoms with Crippen LogP contribution in [0.4, 0.5) is 0 Å². The average molecular weight is 471 g/mol. The predicted molar refractivity (Wildman–Crippen MR) is 123 cm³/mol. The molecule has 2 aliphatic heterocycles. The monoisotopic (exact) mass is 470 g/mol. The number of hydrogen-bond acceptors (Lipinski definition) is 6. The molecule has 1 amide bonds. The molecule has 33 heavy (non-hydrogen) atoms. The highest BCUT2D eigenvalue weighted by atomic mass is 35.5. The minimum absolute atomic E-state index is 0.0245. The van der Waals surface area contributed by atoms with E-state index in [4.69, 9.17) is 25.8 Å². The molecule has 4 rings (SSSR count). The van der Waals surface area contributed by atoms with Gasteiger partial charge in [0.05, 0.1) is 25.3 Å². The number of para-hydroxylation sites is 1. The molecule has 1 saturated heterocycles. The fraction of sp³-hybridized carbons (Fsp3) is 0.400. The van der Waals surface area contributed by atoms with Crippen molar-refractivity contribution in [3.8, 4) is 5.75 Å². The summed E-state index contributed by atoms with van der Waals surface area (Å²) in [4.78, 5) is 32.3. The Bertz CT molecular complexity index is 1050. The summed E-state index contributed by atoms with van der Waals surface area (Å²) in [5.41, 5.74) is 2.55. The molecule has 2 aromatic rings. The first kappa shape index (κ1) is 23.3. The maximum Gasteiger partial charge on any atom is 0.336 e. The number of hydrogen-bond donors (Lipinski definition) is 0. The number of esters is 1. The summed E-state index contributed by atoms with van der Waals surface area (Å²) in [6.07, 6.45) is 3.60. The Hall–Kier alpha value is -2.90. The van der Waals surface area contributed by atoms with E-state index in [0.29, 0.717) is 35.3 Å². The summed E-state index contributed by atoms with van der Waals surface area (Å²) in [5.74, 6) is -0.339. The van der Waals surface area contributed by atoms with E-state index in [9.17, 15) is 9.59 Å². The molecule has 1 aromatic heterocycles. The van der Waals surface area contributed by atoms with Crippen molar-refractivity contribution in [3.63, 3.8) is 0 Å². The van der Waals surface area contributed by atoms with E-state index in [1.54, 1.807) is 37.3 Å². The summed E-state index contributed by atoms with van der Waals surface area (Å²) >= 11 is 5.96. The number of ether oxygens (including phenoxy) is 3. The largest absolute Gasteiger partial charge is 0.496 e. The van der Waals surface area contributed by atoms with Crippen LogP contribution in [0.5, 0.6) is 5.75 Å². The predicted octanol–water partition coefficient (Wildman–Crippen LogP) is 4.26. The third kappa shape index (κ3) is 5.20. The van der Waals surface area contributed by atoms with Gasteiger partial charge in [0.1, 0.15) is 17.5 Å². The van der Waals surface area contributed by atoms with Gasteiger partial charge in [-0.15, -0.1) is 0 Å². The number of halogens is 1. The lowest BCUT2D eigenvalue weighted by Gasteiger charge is -2.35. The van der Waals surface area contributed by atoms with Crippen molar-refractivity contribution in [2.45, 2.75) is 44.8 Å². The molecular weight excluding hydrogens is 444 g/mol. The molecule has 2 aliphatic rings. The van der Waals surface area contributed by atoms with Crippen molar-refractivity contribution in [1.29, 1.82) is 0 Å². The third-order valence-corrected chi connectivity index (χ3v) is 6.38. The zero-order chi connectivity index (χ0) is 23.4. The molecular formula is C25H27ClN2O5. The summed E-state index contributed by atoms with van der Waals surface area (Å²) < 4.78 is 16.8. The van der Waals surface area contributed by atoms with E-state index in [1.807, 2.05) is 24.3 Å². The molecule has 0 spiro atoms. The van der Waals surface area contributed by atoms with Gasteiger partial charge in [-0.05, 0) is 37.5 Å². The quantitative estimate of drug-likeness (QED) is 0.444. The Balaban J connectivity index is 1.64. The highest BCUT2D eigenvalue weighted by molar-refractivity contribution is 6.29. The minimum atomic E-state index is -0.469. The number of aromatic nitrogens is 1. The van der Waals surface area contributed by atoms with Gasteiger partial charge in [0.25, 0.3) is 0 Å². The molecule has 0 bridgehead atoms. The molecule has 174 valence electrons. The number of pyridine rings is 1. The fourth-order valence-corrected chi connectivity index (χ4v) is 4.53. The molecule has 1 fully saturated rings. The normalized spacial score (nSPS) is 20.8. The SMILES string of the molecule is COc1ccccc1COC(=O)C1=C(C)N(CC2CCCO2)C(=O)CC1c1ccc(Cl)nc1. The van der Waals surface area contributed by atoms with Crippen molar-refractivity contribution in [3.05, 3.63) is 70.1 Å². The lowest BCUT2D eigenvalue weighted by atomic mass is 9.84. The van der Waals surface area contributed by atoms with Crippen LogP contribution in [-0.4, -0.2) is 48.1 Å². The van der Waals surface area contributed by atoms with E-state index in [-0.39, 0.29) is 25.0 Å². The van der Waals surface area contributed by atoms with E-state index in [2.05, 4.69) is 4.98 Å². The maximum absolute atomic E-state index is 13.4. The van der Waals surface area contributed by atoms with Crippen molar-refractivity contribution >= 4 is 23.5 Å². The number of amides is 1. The molecule has 2 unspecified atom stereocenters.